The van der Waals surface area contributed by atoms with Gasteiger partial charge < -0.3 is 4.74 Å². The van der Waals surface area contributed by atoms with Crippen LogP contribution in [0, 0.1) is 0 Å². The van der Waals surface area contributed by atoms with Crippen molar-refractivity contribution in [3.63, 3.8) is 0 Å². The number of rotatable bonds is 3. The van der Waals surface area contributed by atoms with Gasteiger partial charge in [0.2, 0.25) is 0 Å². The molecule has 0 aliphatic rings. The summed E-state index contributed by atoms with van der Waals surface area (Å²) in [6.45, 7) is 0. The van der Waals surface area contributed by atoms with Crippen LogP contribution in [0.1, 0.15) is 5.56 Å². The third-order valence-electron chi connectivity index (χ3n) is 1.74. The van der Waals surface area contributed by atoms with Gasteiger partial charge in [0.25, 0.3) is 0 Å². The maximum absolute atomic E-state index is 11.1. The summed E-state index contributed by atoms with van der Waals surface area (Å²) >= 11 is 1.26. The van der Waals surface area contributed by atoms with Crippen molar-refractivity contribution in [1.29, 1.82) is 0 Å². The molecule has 0 N–H and O–H groups in total. The largest absolute Gasteiger partial charge is 0.497 e. The molecule has 0 saturated heterocycles. The van der Waals surface area contributed by atoms with E-state index in [1.54, 1.807) is 13.4 Å². The van der Waals surface area contributed by atoms with Crippen molar-refractivity contribution in [2.45, 2.75) is 6.42 Å². The minimum absolute atomic E-state index is 0.185. The Labute approximate surface area is 82.3 Å². The third kappa shape index (κ3) is 3.11. The first-order chi connectivity index (χ1) is 6.26. The average Bonchev–Trinajstić information content (AvgIpc) is 2.19. The Balaban J connectivity index is 2.64. The van der Waals surface area contributed by atoms with Crippen molar-refractivity contribution in [2.24, 2.45) is 0 Å². The Morgan fingerprint density at radius 2 is 2.00 bits per heavy atom. The van der Waals surface area contributed by atoms with Crippen LogP contribution in [0.3, 0.4) is 0 Å². The van der Waals surface area contributed by atoms with E-state index >= 15 is 0 Å². The predicted molar refractivity (Wildman–Crippen MR) is 55.2 cm³/mol. The van der Waals surface area contributed by atoms with Crippen LogP contribution < -0.4 is 4.74 Å². The highest BCUT2D eigenvalue weighted by Gasteiger charge is 2.01. The molecule has 0 aliphatic carbocycles. The fraction of sp³-hybridized carbons (Fsp3) is 0.300. The summed E-state index contributed by atoms with van der Waals surface area (Å²) in [7, 11) is 1.63. The van der Waals surface area contributed by atoms with Crippen molar-refractivity contribution in [3.05, 3.63) is 29.8 Å². The molecule has 0 atom stereocenters. The number of benzene rings is 1. The lowest BCUT2D eigenvalue weighted by atomic mass is 10.2. The molecule has 3 heteroatoms. The molecule has 0 bridgehead atoms. The topological polar surface area (TPSA) is 26.3 Å². The fourth-order valence-electron chi connectivity index (χ4n) is 0.982. The Bertz CT molecular complexity index is 279. The summed E-state index contributed by atoms with van der Waals surface area (Å²) in [5.41, 5.74) is 1.03. The van der Waals surface area contributed by atoms with Gasteiger partial charge in [0.05, 0.1) is 7.11 Å². The minimum atomic E-state index is 0.185. The quantitative estimate of drug-likeness (QED) is 0.740. The Hall–Kier alpha value is -0.960. The number of thioether (sulfide) groups is 1. The Morgan fingerprint density at radius 1 is 1.38 bits per heavy atom. The molecule has 2 nitrogen and oxygen atoms in total. The fourth-order valence-corrected chi connectivity index (χ4v) is 1.29. The average molecular weight is 196 g/mol. The van der Waals surface area contributed by atoms with E-state index in [0.717, 1.165) is 11.3 Å². The van der Waals surface area contributed by atoms with Crippen LogP contribution in [0.15, 0.2) is 24.3 Å². The third-order valence-corrected chi connectivity index (χ3v) is 2.33. The van der Waals surface area contributed by atoms with Gasteiger partial charge in [-0.2, -0.15) is 0 Å². The van der Waals surface area contributed by atoms with Gasteiger partial charge in [0.15, 0.2) is 5.12 Å². The molecule has 1 aromatic carbocycles. The van der Waals surface area contributed by atoms with Gasteiger partial charge in [-0.05, 0) is 24.0 Å². The molecule has 0 fully saturated rings. The van der Waals surface area contributed by atoms with E-state index in [9.17, 15) is 4.79 Å². The van der Waals surface area contributed by atoms with Crippen molar-refractivity contribution in [1.82, 2.24) is 0 Å². The first-order valence-corrected chi connectivity index (χ1v) is 5.18. The second-order valence-corrected chi connectivity index (χ2v) is 3.46. The van der Waals surface area contributed by atoms with Crippen LogP contribution in [0.25, 0.3) is 0 Å². The van der Waals surface area contributed by atoms with Crippen molar-refractivity contribution >= 4 is 16.9 Å². The Kier molecular flexibility index (Phi) is 3.83. The highest BCUT2D eigenvalue weighted by molar-refractivity contribution is 8.13. The monoisotopic (exact) mass is 196 g/mol. The van der Waals surface area contributed by atoms with E-state index < -0.39 is 0 Å². The second-order valence-electron chi connectivity index (χ2n) is 2.60. The van der Waals surface area contributed by atoms with Crippen molar-refractivity contribution in [3.8, 4) is 5.75 Å². The first-order valence-electron chi connectivity index (χ1n) is 3.96. The smallest absolute Gasteiger partial charge is 0.193 e. The molecule has 0 spiro atoms. The zero-order valence-electron chi connectivity index (χ0n) is 7.74. The number of methoxy groups -OCH3 is 1. The lowest BCUT2D eigenvalue weighted by Gasteiger charge is -2.01. The molecule has 0 unspecified atom stereocenters. The lowest BCUT2D eigenvalue weighted by molar-refractivity contribution is -0.110. The van der Waals surface area contributed by atoms with E-state index in [-0.39, 0.29) is 5.12 Å². The summed E-state index contributed by atoms with van der Waals surface area (Å²) in [6.07, 6.45) is 2.29. The van der Waals surface area contributed by atoms with E-state index in [1.165, 1.54) is 11.8 Å². The van der Waals surface area contributed by atoms with Crippen LogP contribution in [0.2, 0.25) is 0 Å². The number of hydrogen-bond donors (Lipinski definition) is 0. The van der Waals surface area contributed by atoms with Gasteiger partial charge in [-0.15, -0.1) is 0 Å². The van der Waals surface area contributed by atoms with Crippen LogP contribution >= 0.6 is 11.8 Å². The van der Waals surface area contributed by atoms with Crippen LogP contribution in [0.5, 0.6) is 5.75 Å². The molecule has 0 radical (unpaired) electrons. The molecule has 0 aromatic heterocycles. The first kappa shape index (κ1) is 10.1. The highest BCUT2D eigenvalue weighted by Crippen LogP contribution is 2.13. The van der Waals surface area contributed by atoms with E-state index in [4.69, 9.17) is 4.74 Å². The van der Waals surface area contributed by atoms with Gasteiger partial charge in [-0.1, -0.05) is 23.9 Å². The van der Waals surface area contributed by atoms with Gasteiger partial charge >= 0.3 is 0 Å². The summed E-state index contributed by atoms with van der Waals surface area (Å²) in [5, 5.41) is 0.185. The standard InChI is InChI=1S/C10H12O2S/c1-12-9-5-3-8(4-6-9)7-10(11)13-2/h3-6H,7H2,1-2H3. The normalized spacial score (nSPS) is 9.69. The zero-order chi connectivity index (χ0) is 9.68. The van der Waals surface area contributed by atoms with Crippen LogP contribution in [-0.4, -0.2) is 18.5 Å². The number of carbonyl (C=O) groups is 1. The molecule has 0 amide bonds. The van der Waals surface area contributed by atoms with E-state index in [1.807, 2.05) is 24.3 Å². The second kappa shape index (κ2) is 4.92. The maximum Gasteiger partial charge on any atom is 0.193 e. The summed E-state index contributed by atoms with van der Waals surface area (Å²) in [6, 6.07) is 7.55. The molecular weight excluding hydrogens is 184 g/mol. The van der Waals surface area contributed by atoms with Gasteiger partial charge in [0.1, 0.15) is 5.75 Å². The van der Waals surface area contributed by atoms with Crippen LogP contribution in [0.4, 0.5) is 0 Å². The van der Waals surface area contributed by atoms with Crippen molar-refractivity contribution in [2.75, 3.05) is 13.4 Å². The molecule has 1 aromatic rings. The molecule has 0 saturated carbocycles. The minimum Gasteiger partial charge on any atom is -0.497 e. The van der Waals surface area contributed by atoms with Gasteiger partial charge in [-0.3, -0.25) is 4.79 Å². The summed E-state index contributed by atoms with van der Waals surface area (Å²) < 4.78 is 5.01. The SMILES string of the molecule is COc1ccc(CC(=O)SC)cc1. The molecule has 1 rings (SSSR count). The predicted octanol–water partition coefficient (Wildman–Crippen LogP) is 2.13. The lowest BCUT2D eigenvalue weighted by Crippen LogP contribution is -1.96. The zero-order valence-corrected chi connectivity index (χ0v) is 8.56. The van der Waals surface area contributed by atoms with E-state index in [2.05, 4.69) is 0 Å². The summed E-state index contributed by atoms with van der Waals surface area (Å²) in [4.78, 5) is 11.1. The van der Waals surface area contributed by atoms with Crippen LogP contribution in [-0.2, 0) is 11.2 Å². The molecule has 0 heterocycles. The van der Waals surface area contributed by atoms with Crippen molar-refractivity contribution < 1.29 is 9.53 Å². The van der Waals surface area contributed by atoms with E-state index in [0.29, 0.717) is 6.42 Å². The molecule has 0 aliphatic heterocycles. The number of hydrogen-bond acceptors (Lipinski definition) is 3. The molecular formula is C10H12O2S. The number of carbonyl (C=O) groups excluding carboxylic acids is 1. The molecule has 70 valence electrons. The van der Waals surface area contributed by atoms with Gasteiger partial charge in [0, 0.05) is 6.42 Å². The number of ether oxygens (including phenoxy) is 1. The summed E-state index contributed by atoms with van der Waals surface area (Å²) in [5.74, 6) is 0.820. The van der Waals surface area contributed by atoms with Gasteiger partial charge in [-0.25, -0.2) is 0 Å². The maximum atomic E-state index is 11.1. The molecule has 13 heavy (non-hydrogen) atoms. The Morgan fingerprint density at radius 3 is 2.46 bits per heavy atom. The highest BCUT2D eigenvalue weighted by atomic mass is 32.2.